The highest BCUT2D eigenvalue weighted by molar-refractivity contribution is 7.14. The van der Waals surface area contributed by atoms with Crippen molar-refractivity contribution in [1.29, 1.82) is 5.26 Å². The highest BCUT2D eigenvalue weighted by Gasteiger charge is 2.13. The summed E-state index contributed by atoms with van der Waals surface area (Å²) in [5.74, 6) is -0.618. The number of carbonyl (C=O) groups excluding carboxylic acids is 2. The number of benzene rings is 1. The molecule has 8 heteroatoms. The van der Waals surface area contributed by atoms with Gasteiger partial charge in [0, 0.05) is 30.1 Å². The first-order chi connectivity index (χ1) is 12.0. The summed E-state index contributed by atoms with van der Waals surface area (Å²) in [6.45, 7) is 5.24. The van der Waals surface area contributed by atoms with E-state index in [2.05, 4.69) is 20.9 Å². The summed E-state index contributed by atoms with van der Waals surface area (Å²) in [7, 11) is 0. The molecule has 2 amide bonds. The molecule has 0 saturated heterocycles. The van der Waals surface area contributed by atoms with Crippen LogP contribution in [0.2, 0.25) is 0 Å². The number of carbonyl (C=O) groups is 2. The topological polar surface area (TPSA) is 107 Å². The first kappa shape index (κ1) is 18.6. The highest BCUT2D eigenvalue weighted by Crippen LogP contribution is 2.16. The van der Waals surface area contributed by atoms with E-state index in [1.165, 1.54) is 11.3 Å². The Hall–Kier alpha value is -2.76. The molecule has 0 unspecified atom stereocenters. The van der Waals surface area contributed by atoms with E-state index in [0.717, 1.165) is 0 Å². The Kier molecular flexibility index (Phi) is 6.62. The minimum atomic E-state index is -0.341. The minimum Gasteiger partial charge on any atom is -0.349 e. The molecule has 1 heterocycles. The lowest BCUT2D eigenvalue weighted by atomic mass is 10.1. The van der Waals surface area contributed by atoms with Crippen molar-refractivity contribution in [3.8, 4) is 6.07 Å². The van der Waals surface area contributed by atoms with Gasteiger partial charge in [-0.15, -0.1) is 11.3 Å². The van der Waals surface area contributed by atoms with Gasteiger partial charge in [-0.1, -0.05) is 13.8 Å². The number of amides is 2. The third-order valence-corrected chi connectivity index (χ3v) is 3.95. The number of aromatic nitrogens is 1. The molecular weight excluding hydrogens is 338 g/mol. The number of hydrogen-bond acceptors (Lipinski definition) is 6. The van der Waals surface area contributed by atoms with Gasteiger partial charge < -0.3 is 10.6 Å². The van der Waals surface area contributed by atoms with Crippen molar-refractivity contribution in [1.82, 2.24) is 15.6 Å². The molecule has 25 heavy (non-hydrogen) atoms. The van der Waals surface area contributed by atoms with Crippen molar-refractivity contribution in [3.05, 3.63) is 46.5 Å². The molecule has 1 aromatic heterocycles. The zero-order valence-corrected chi connectivity index (χ0v) is 14.8. The standard InChI is InChI=1S/C17H19N5O2S/c1-11(2)19-7-8-20-16(24)14-10-25-17(21-14)22-15(23)13-5-3-12(9-18)4-6-13/h3-6,10-11,19H,7-8H2,1-2H3,(H,20,24)(H,21,22,23). The van der Waals surface area contributed by atoms with Gasteiger partial charge in [0.25, 0.3) is 11.8 Å². The first-order valence-electron chi connectivity index (χ1n) is 7.78. The van der Waals surface area contributed by atoms with Gasteiger partial charge >= 0.3 is 0 Å². The fourth-order valence-corrected chi connectivity index (χ4v) is 2.61. The van der Waals surface area contributed by atoms with Crippen LogP contribution in [0.4, 0.5) is 5.13 Å². The maximum Gasteiger partial charge on any atom is 0.270 e. The van der Waals surface area contributed by atoms with E-state index < -0.39 is 0 Å². The van der Waals surface area contributed by atoms with E-state index in [1.54, 1.807) is 29.6 Å². The normalized spacial score (nSPS) is 10.3. The van der Waals surface area contributed by atoms with Crippen LogP contribution < -0.4 is 16.0 Å². The van der Waals surface area contributed by atoms with E-state index in [4.69, 9.17) is 5.26 Å². The lowest BCUT2D eigenvalue weighted by molar-refractivity contribution is 0.0948. The highest BCUT2D eigenvalue weighted by atomic mass is 32.1. The number of nitriles is 1. The fraction of sp³-hybridized carbons (Fsp3) is 0.294. The molecule has 0 saturated carbocycles. The Balaban J connectivity index is 1.88. The smallest absolute Gasteiger partial charge is 0.270 e. The molecule has 130 valence electrons. The van der Waals surface area contributed by atoms with Gasteiger partial charge in [0.05, 0.1) is 11.6 Å². The third-order valence-electron chi connectivity index (χ3n) is 3.20. The predicted octanol–water partition coefficient (Wildman–Crippen LogP) is 1.99. The van der Waals surface area contributed by atoms with Crippen LogP contribution in [0.1, 0.15) is 40.3 Å². The molecule has 3 N–H and O–H groups in total. The van der Waals surface area contributed by atoms with Gasteiger partial charge in [-0.3, -0.25) is 14.9 Å². The van der Waals surface area contributed by atoms with E-state index in [0.29, 0.717) is 35.4 Å². The first-order valence-corrected chi connectivity index (χ1v) is 8.66. The maximum absolute atomic E-state index is 12.1. The summed E-state index contributed by atoms with van der Waals surface area (Å²) >= 11 is 1.18. The molecule has 0 aliphatic heterocycles. The Morgan fingerprint density at radius 2 is 1.92 bits per heavy atom. The second-order valence-electron chi connectivity index (χ2n) is 5.55. The van der Waals surface area contributed by atoms with Gasteiger partial charge in [-0.05, 0) is 24.3 Å². The summed E-state index contributed by atoms with van der Waals surface area (Å²) in [6, 6.07) is 8.63. The molecule has 0 aliphatic rings. The van der Waals surface area contributed by atoms with Crippen molar-refractivity contribution in [2.75, 3.05) is 18.4 Å². The van der Waals surface area contributed by atoms with Crippen LogP contribution in [-0.2, 0) is 0 Å². The second-order valence-corrected chi connectivity index (χ2v) is 6.40. The zero-order chi connectivity index (χ0) is 18.2. The summed E-state index contributed by atoms with van der Waals surface area (Å²) in [6.07, 6.45) is 0. The van der Waals surface area contributed by atoms with Crippen molar-refractivity contribution in [3.63, 3.8) is 0 Å². The SMILES string of the molecule is CC(C)NCCNC(=O)c1csc(NC(=O)c2ccc(C#N)cc2)n1. The Labute approximate surface area is 150 Å². The maximum atomic E-state index is 12.1. The quantitative estimate of drug-likeness (QED) is 0.657. The molecule has 0 radical (unpaired) electrons. The van der Waals surface area contributed by atoms with Crippen molar-refractivity contribution < 1.29 is 9.59 Å². The number of thiazole rings is 1. The largest absolute Gasteiger partial charge is 0.349 e. The Bertz CT molecular complexity index is 777. The number of anilines is 1. The van der Waals surface area contributed by atoms with Crippen LogP contribution in [0, 0.1) is 11.3 Å². The summed E-state index contributed by atoms with van der Waals surface area (Å²) < 4.78 is 0. The summed E-state index contributed by atoms with van der Waals surface area (Å²) in [5.41, 5.74) is 1.17. The Morgan fingerprint density at radius 1 is 1.20 bits per heavy atom. The van der Waals surface area contributed by atoms with Gasteiger partial charge in [-0.2, -0.15) is 5.26 Å². The molecule has 7 nitrogen and oxygen atoms in total. The monoisotopic (exact) mass is 357 g/mol. The number of nitrogens with zero attached hydrogens (tertiary/aromatic N) is 2. The van der Waals surface area contributed by atoms with Gasteiger partial charge in [0.2, 0.25) is 0 Å². The van der Waals surface area contributed by atoms with Crippen LogP contribution in [0.3, 0.4) is 0 Å². The lowest BCUT2D eigenvalue weighted by Crippen LogP contribution is -2.34. The second kappa shape index (κ2) is 8.92. The Morgan fingerprint density at radius 3 is 2.56 bits per heavy atom. The van der Waals surface area contributed by atoms with E-state index >= 15 is 0 Å². The average Bonchev–Trinajstić information content (AvgIpc) is 3.07. The van der Waals surface area contributed by atoms with Crippen LogP contribution in [0.25, 0.3) is 0 Å². The third kappa shape index (κ3) is 5.67. The molecule has 0 bridgehead atoms. The zero-order valence-electron chi connectivity index (χ0n) is 14.0. The van der Waals surface area contributed by atoms with Crippen molar-refractivity contribution in [2.45, 2.75) is 19.9 Å². The van der Waals surface area contributed by atoms with Gasteiger partial charge in [0.15, 0.2) is 5.13 Å². The number of nitrogens with one attached hydrogen (secondary N) is 3. The van der Waals surface area contributed by atoms with Crippen LogP contribution in [0.5, 0.6) is 0 Å². The van der Waals surface area contributed by atoms with Gasteiger partial charge in [-0.25, -0.2) is 4.98 Å². The molecule has 0 spiro atoms. The summed E-state index contributed by atoms with van der Waals surface area (Å²) in [5, 5.41) is 19.3. The molecule has 2 rings (SSSR count). The summed E-state index contributed by atoms with van der Waals surface area (Å²) in [4.78, 5) is 28.2. The minimum absolute atomic E-state index is 0.268. The molecule has 0 fully saturated rings. The van der Waals surface area contributed by atoms with E-state index in [-0.39, 0.29) is 17.5 Å². The molecule has 0 atom stereocenters. The van der Waals surface area contributed by atoms with E-state index in [1.807, 2.05) is 19.9 Å². The van der Waals surface area contributed by atoms with Crippen molar-refractivity contribution in [2.24, 2.45) is 0 Å². The van der Waals surface area contributed by atoms with Crippen LogP contribution in [0.15, 0.2) is 29.6 Å². The average molecular weight is 357 g/mol. The lowest BCUT2D eigenvalue weighted by Gasteiger charge is -2.08. The number of rotatable bonds is 7. The van der Waals surface area contributed by atoms with Crippen LogP contribution >= 0.6 is 11.3 Å². The van der Waals surface area contributed by atoms with E-state index in [9.17, 15) is 9.59 Å². The molecular formula is C17H19N5O2S. The molecule has 2 aromatic rings. The molecule has 1 aromatic carbocycles. The predicted molar refractivity (Wildman–Crippen MR) is 96.7 cm³/mol. The fourth-order valence-electron chi connectivity index (χ4n) is 1.93. The molecule has 0 aliphatic carbocycles. The number of hydrogen-bond donors (Lipinski definition) is 3. The van der Waals surface area contributed by atoms with Crippen LogP contribution in [-0.4, -0.2) is 35.9 Å². The van der Waals surface area contributed by atoms with Crippen molar-refractivity contribution >= 4 is 28.3 Å². The van der Waals surface area contributed by atoms with Gasteiger partial charge in [0.1, 0.15) is 5.69 Å².